The van der Waals surface area contributed by atoms with Crippen LogP contribution in [0.2, 0.25) is 5.15 Å². The number of methoxy groups -OCH3 is 1. The van der Waals surface area contributed by atoms with Gasteiger partial charge >= 0.3 is 0 Å². The first-order valence-corrected chi connectivity index (χ1v) is 9.10. The van der Waals surface area contributed by atoms with Gasteiger partial charge in [-0.2, -0.15) is 4.98 Å². The second-order valence-electron chi connectivity index (χ2n) is 6.45. The molecule has 2 atom stereocenters. The van der Waals surface area contributed by atoms with E-state index in [0.29, 0.717) is 34.7 Å². The summed E-state index contributed by atoms with van der Waals surface area (Å²) in [6.45, 7) is 7.92. The van der Waals surface area contributed by atoms with E-state index in [1.807, 2.05) is 6.07 Å². The Morgan fingerprint density at radius 2 is 2.08 bits per heavy atom. The fraction of sp³-hybridized carbons (Fsp3) is 0.688. The molecule has 134 valence electrons. The van der Waals surface area contributed by atoms with Gasteiger partial charge in [0, 0.05) is 39.4 Å². The number of rotatable bonds is 6. The van der Waals surface area contributed by atoms with Crippen molar-refractivity contribution in [2.24, 2.45) is 11.8 Å². The van der Waals surface area contributed by atoms with Gasteiger partial charge in [0.25, 0.3) is 0 Å². The SMILES string of the molecule is COCCCNC(=S)Nc1nc(Cl)cc(N2C[C@H](C)C[C@@H](C)C2)n1. The number of nitrogens with one attached hydrogen (secondary N) is 2. The second kappa shape index (κ2) is 9.34. The van der Waals surface area contributed by atoms with Crippen molar-refractivity contribution in [3.63, 3.8) is 0 Å². The Balaban J connectivity index is 1.99. The Morgan fingerprint density at radius 1 is 1.38 bits per heavy atom. The van der Waals surface area contributed by atoms with Gasteiger partial charge in [-0.3, -0.25) is 0 Å². The Hall–Kier alpha value is -1.18. The van der Waals surface area contributed by atoms with Crippen molar-refractivity contribution in [3.8, 4) is 0 Å². The van der Waals surface area contributed by atoms with Gasteiger partial charge in [-0.05, 0) is 36.9 Å². The summed E-state index contributed by atoms with van der Waals surface area (Å²) < 4.78 is 5.01. The molecule has 1 aromatic heterocycles. The lowest BCUT2D eigenvalue weighted by Crippen LogP contribution is -2.39. The van der Waals surface area contributed by atoms with Gasteiger partial charge in [0.2, 0.25) is 5.95 Å². The lowest BCUT2D eigenvalue weighted by molar-refractivity contribution is 0.196. The van der Waals surface area contributed by atoms with Crippen molar-refractivity contribution in [3.05, 3.63) is 11.2 Å². The fourth-order valence-electron chi connectivity index (χ4n) is 3.04. The van der Waals surface area contributed by atoms with E-state index in [9.17, 15) is 0 Å². The minimum atomic E-state index is 0.413. The predicted molar refractivity (Wildman–Crippen MR) is 103 cm³/mol. The number of thiocarbonyl (C=S) groups is 1. The highest BCUT2D eigenvalue weighted by Gasteiger charge is 2.23. The number of anilines is 2. The Kier molecular flexibility index (Phi) is 7.45. The van der Waals surface area contributed by atoms with Crippen LogP contribution in [-0.4, -0.2) is 48.4 Å². The maximum absolute atomic E-state index is 6.17. The quantitative estimate of drug-likeness (QED) is 0.453. The fourth-order valence-corrected chi connectivity index (χ4v) is 3.41. The van der Waals surface area contributed by atoms with Crippen LogP contribution in [0.1, 0.15) is 26.7 Å². The third kappa shape index (κ3) is 6.03. The zero-order valence-electron chi connectivity index (χ0n) is 14.5. The van der Waals surface area contributed by atoms with Crippen LogP contribution in [0.15, 0.2) is 6.07 Å². The van der Waals surface area contributed by atoms with Crippen molar-refractivity contribution in [1.82, 2.24) is 15.3 Å². The van der Waals surface area contributed by atoms with E-state index in [0.717, 1.165) is 31.9 Å². The molecule has 24 heavy (non-hydrogen) atoms. The Morgan fingerprint density at radius 3 is 2.75 bits per heavy atom. The first kappa shape index (κ1) is 19.1. The normalized spacial score (nSPS) is 20.8. The molecule has 0 spiro atoms. The number of hydrogen-bond acceptors (Lipinski definition) is 5. The summed E-state index contributed by atoms with van der Waals surface area (Å²) >= 11 is 11.4. The average molecular weight is 372 g/mol. The number of ether oxygens (including phenoxy) is 1. The van der Waals surface area contributed by atoms with Crippen molar-refractivity contribution >= 4 is 40.7 Å². The molecule has 0 aromatic carbocycles. The second-order valence-corrected chi connectivity index (χ2v) is 7.25. The molecule has 1 fully saturated rings. The molecule has 2 heterocycles. The van der Waals surface area contributed by atoms with E-state index in [1.54, 1.807) is 7.11 Å². The van der Waals surface area contributed by atoms with E-state index >= 15 is 0 Å². The van der Waals surface area contributed by atoms with Gasteiger partial charge in [-0.1, -0.05) is 25.4 Å². The summed E-state index contributed by atoms with van der Waals surface area (Å²) in [5, 5.41) is 7.01. The van der Waals surface area contributed by atoms with Crippen LogP contribution < -0.4 is 15.5 Å². The molecule has 1 aliphatic rings. The highest BCUT2D eigenvalue weighted by Crippen LogP contribution is 2.26. The third-order valence-electron chi connectivity index (χ3n) is 3.91. The molecule has 0 radical (unpaired) electrons. The van der Waals surface area contributed by atoms with Gasteiger partial charge < -0.3 is 20.3 Å². The number of hydrogen-bond donors (Lipinski definition) is 2. The van der Waals surface area contributed by atoms with Gasteiger partial charge in [-0.15, -0.1) is 0 Å². The zero-order valence-corrected chi connectivity index (χ0v) is 16.1. The molecule has 8 heteroatoms. The van der Waals surface area contributed by atoms with Crippen molar-refractivity contribution < 1.29 is 4.74 Å². The molecule has 0 unspecified atom stereocenters. The highest BCUT2D eigenvalue weighted by molar-refractivity contribution is 7.80. The summed E-state index contributed by atoms with van der Waals surface area (Å²) in [6, 6.07) is 1.81. The lowest BCUT2D eigenvalue weighted by atomic mass is 9.92. The van der Waals surface area contributed by atoms with Crippen LogP contribution >= 0.6 is 23.8 Å². The maximum Gasteiger partial charge on any atom is 0.232 e. The largest absolute Gasteiger partial charge is 0.385 e. The molecule has 1 saturated heterocycles. The molecule has 1 aromatic rings. The van der Waals surface area contributed by atoms with Crippen molar-refractivity contribution in [2.75, 3.05) is 43.6 Å². The minimum absolute atomic E-state index is 0.413. The van der Waals surface area contributed by atoms with Crippen LogP contribution in [0.3, 0.4) is 0 Å². The third-order valence-corrected chi connectivity index (χ3v) is 4.35. The molecule has 2 rings (SSSR count). The molecule has 2 N–H and O–H groups in total. The topological polar surface area (TPSA) is 62.3 Å². The minimum Gasteiger partial charge on any atom is -0.385 e. The van der Waals surface area contributed by atoms with Gasteiger partial charge in [0.05, 0.1) is 0 Å². The van der Waals surface area contributed by atoms with E-state index in [-0.39, 0.29) is 0 Å². The lowest BCUT2D eigenvalue weighted by Gasteiger charge is -2.35. The van der Waals surface area contributed by atoms with E-state index in [2.05, 4.69) is 39.3 Å². The molecule has 0 bridgehead atoms. The zero-order chi connectivity index (χ0) is 17.5. The van der Waals surface area contributed by atoms with Crippen molar-refractivity contribution in [2.45, 2.75) is 26.7 Å². The van der Waals surface area contributed by atoms with Crippen LogP contribution in [0.4, 0.5) is 11.8 Å². The van der Waals surface area contributed by atoms with Gasteiger partial charge in [-0.25, -0.2) is 4.98 Å². The monoisotopic (exact) mass is 371 g/mol. The first-order chi connectivity index (χ1) is 11.5. The highest BCUT2D eigenvalue weighted by atomic mass is 35.5. The van der Waals surface area contributed by atoms with E-state index in [1.165, 1.54) is 6.42 Å². The summed E-state index contributed by atoms with van der Waals surface area (Å²) in [5.74, 6) is 2.55. The Bertz CT molecular complexity index is 549. The number of halogens is 1. The van der Waals surface area contributed by atoms with Gasteiger partial charge in [0.1, 0.15) is 11.0 Å². The number of nitrogens with zero attached hydrogens (tertiary/aromatic N) is 3. The summed E-state index contributed by atoms with van der Waals surface area (Å²) in [6.07, 6.45) is 2.12. The molecular weight excluding hydrogens is 346 g/mol. The number of aromatic nitrogens is 2. The van der Waals surface area contributed by atoms with Crippen LogP contribution in [0.5, 0.6) is 0 Å². The van der Waals surface area contributed by atoms with Crippen molar-refractivity contribution in [1.29, 1.82) is 0 Å². The summed E-state index contributed by atoms with van der Waals surface area (Å²) in [4.78, 5) is 11.1. The van der Waals surface area contributed by atoms with E-state index in [4.69, 9.17) is 28.6 Å². The first-order valence-electron chi connectivity index (χ1n) is 8.31. The standard InChI is InChI=1S/C16H26ClN5OS/c1-11-7-12(2)10-22(9-11)14-8-13(17)19-15(20-14)21-16(24)18-5-4-6-23-3/h8,11-12H,4-7,9-10H2,1-3H3,(H2,18,19,20,21,24)/t11-,12-/m1/s1. The smallest absolute Gasteiger partial charge is 0.232 e. The van der Waals surface area contributed by atoms with Gasteiger partial charge in [0.15, 0.2) is 5.11 Å². The molecular formula is C16H26ClN5OS. The summed E-state index contributed by atoms with van der Waals surface area (Å²) in [5.41, 5.74) is 0. The molecule has 0 amide bonds. The molecule has 1 aliphatic heterocycles. The molecule has 0 aliphatic carbocycles. The Labute approximate surface area is 154 Å². The summed E-state index contributed by atoms with van der Waals surface area (Å²) in [7, 11) is 1.68. The van der Waals surface area contributed by atoms with Crippen LogP contribution in [0.25, 0.3) is 0 Å². The molecule has 6 nitrogen and oxygen atoms in total. The van der Waals surface area contributed by atoms with E-state index < -0.39 is 0 Å². The van der Waals surface area contributed by atoms with Crippen LogP contribution in [0, 0.1) is 11.8 Å². The maximum atomic E-state index is 6.17. The predicted octanol–water partition coefficient (Wildman–Crippen LogP) is 2.94. The number of piperidine rings is 1. The molecule has 0 saturated carbocycles. The van der Waals surface area contributed by atoms with Crippen LogP contribution in [-0.2, 0) is 4.74 Å². The average Bonchev–Trinajstić information content (AvgIpc) is 2.50.